The molecular weight excluding hydrogens is 245 g/mol. The molecule has 0 saturated carbocycles. The highest BCUT2D eigenvalue weighted by Gasteiger charge is 2.38. The average Bonchev–Trinajstić information content (AvgIpc) is 2.97. The van der Waals surface area contributed by atoms with E-state index in [2.05, 4.69) is 10.2 Å². The molecule has 4 nitrogen and oxygen atoms in total. The summed E-state index contributed by atoms with van der Waals surface area (Å²) < 4.78 is 13.6. The van der Waals surface area contributed by atoms with E-state index in [1.807, 2.05) is 0 Å². The predicted octanol–water partition coefficient (Wildman–Crippen LogP) is 1.37. The number of benzene rings is 1. The van der Waals surface area contributed by atoms with Crippen LogP contribution in [0.4, 0.5) is 10.1 Å². The summed E-state index contributed by atoms with van der Waals surface area (Å²) in [5.74, 6) is -0.878. The Balaban J connectivity index is 1.73. The number of nitrogens with zero attached hydrogens (tertiary/aromatic N) is 1. The van der Waals surface area contributed by atoms with Crippen molar-refractivity contribution in [2.45, 2.75) is 31.3 Å². The third kappa shape index (κ3) is 2.30. The summed E-state index contributed by atoms with van der Waals surface area (Å²) in [6.07, 6.45) is 3.24. The van der Waals surface area contributed by atoms with Crippen molar-refractivity contribution in [3.63, 3.8) is 0 Å². The molecular formula is C14H18FN3O. The van der Waals surface area contributed by atoms with Gasteiger partial charge in [-0.05, 0) is 44.0 Å². The van der Waals surface area contributed by atoms with Crippen molar-refractivity contribution < 1.29 is 9.18 Å². The van der Waals surface area contributed by atoms with Gasteiger partial charge in [0.2, 0.25) is 0 Å². The van der Waals surface area contributed by atoms with Gasteiger partial charge < -0.3 is 11.1 Å². The molecule has 2 fully saturated rings. The van der Waals surface area contributed by atoms with Crippen LogP contribution in [0.1, 0.15) is 29.6 Å². The maximum absolute atomic E-state index is 13.6. The highest BCUT2D eigenvalue weighted by atomic mass is 19.1. The van der Waals surface area contributed by atoms with Crippen LogP contribution in [-0.4, -0.2) is 36.0 Å². The molecule has 1 aromatic carbocycles. The number of carbonyl (C=O) groups excluding carboxylic acids is 1. The van der Waals surface area contributed by atoms with Crippen molar-refractivity contribution in [2.75, 3.05) is 18.8 Å². The first-order valence-electron chi connectivity index (χ1n) is 6.75. The number of halogens is 1. The summed E-state index contributed by atoms with van der Waals surface area (Å²) >= 11 is 0. The summed E-state index contributed by atoms with van der Waals surface area (Å²) in [5, 5.41) is 2.96. The summed E-state index contributed by atoms with van der Waals surface area (Å²) in [4.78, 5) is 14.5. The van der Waals surface area contributed by atoms with Gasteiger partial charge in [0.1, 0.15) is 5.82 Å². The van der Waals surface area contributed by atoms with E-state index in [9.17, 15) is 9.18 Å². The third-order valence-electron chi connectivity index (χ3n) is 4.16. The number of nitrogen functional groups attached to an aromatic ring is 1. The van der Waals surface area contributed by atoms with Gasteiger partial charge in [0.15, 0.2) is 0 Å². The molecule has 2 heterocycles. The zero-order valence-corrected chi connectivity index (χ0v) is 10.7. The molecule has 0 aliphatic carbocycles. The van der Waals surface area contributed by atoms with Gasteiger partial charge >= 0.3 is 0 Å². The smallest absolute Gasteiger partial charge is 0.254 e. The fourth-order valence-corrected chi connectivity index (χ4v) is 3.21. The highest BCUT2D eigenvalue weighted by Crippen LogP contribution is 2.28. The Morgan fingerprint density at radius 3 is 3.05 bits per heavy atom. The number of amides is 1. The lowest BCUT2D eigenvalue weighted by Gasteiger charge is -2.21. The zero-order valence-electron chi connectivity index (χ0n) is 10.7. The van der Waals surface area contributed by atoms with E-state index < -0.39 is 5.82 Å². The molecule has 2 unspecified atom stereocenters. The molecule has 102 valence electrons. The van der Waals surface area contributed by atoms with Crippen molar-refractivity contribution in [3.8, 4) is 0 Å². The van der Waals surface area contributed by atoms with E-state index in [4.69, 9.17) is 5.73 Å². The molecule has 0 radical (unpaired) electrons. The fourth-order valence-electron chi connectivity index (χ4n) is 3.21. The standard InChI is InChI=1S/C14H18FN3O/c15-11-4-3-9(16)8-10(11)14(19)17-12-5-7-18-6-1-2-13(12)18/h3-4,8,12-13H,1-2,5-7,16H2,(H,17,19). The van der Waals surface area contributed by atoms with E-state index in [0.29, 0.717) is 11.7 Å². The van der Waals surface area contributed by atoms with E-state index in [0.717, 1.165) is 25.9 Å². The Morgan fingerprint density at radius 1 is 1.37 bits per heavy atom. The highest BCUT2D eigenvalue weighted by molar-refractivity contribution is 5.95. The van der Waals surface area contributed by atoms with Crippen LogP contribution in [0.15, 0.2) is 18.2 Å². The predicted molar refractivity (Wildman–Crippen MR) is 71.3 cm³/mol. The van der Waals surface area contributed by atoms with Gasteiger partial charge in [0.25, 0.3) is 5.91 Å². The van der Waals surface area contributed by atoms with Crippen LogP contribution in [-0.2, 0) is 0 Å². The maximum atomic E-state index is 13.6. The number of nitrogens with one attached hydrogen (secondary N) is 1. The number of hydrogen-bond donors (Lipinski definition) is 2. The monoisotopic (exact) mass is 263 g/mol. The number of fused-ring (bicyclic) bond motifs is 1. The van der Waals surface area contributed by atoms with Crippen molar-refractivity contribution in [1.82, 2.24) is 10.2 Å². The Kier molecular flexibility index (Phi) is 3.14. The SMILES string of the molecule is Nc1ccc(F)c(C(=O)NC2CCN3CCCC23)c1. The average molecular weight is 263 g/mol. The Bertz CT molecular complexity index is 505. The second kappa shape index (κ2) is 4.81. The maximum Gasteiger partial charge on any atom is 0.254 e. The van der Waals surface area contributed by atoms with Crippen molar-refractivity contribution in [2.24, 2.45) is 0 Å². The van der Waals surface area contributed by atoms with Crippen molar-refractivity contribution >= 4 is 11.6 Å². The Morgan fingerprint density at radius 2 is 2.21 bits per heavy atom. The van der Waals surface area contributed by atoms with Crippen LogP contribution >= 0.6 is 0 Å². The molecule has 2 atom stereocenters. The molecule has 2 saturated heterocycles. The van der Waals surface area contributed by atoms with Gasteiger partial charge in [-0.2, -0.15) is 0 Å². The minimum atomic E-state index is -0.520. The Labute approximate surface area is 111 Å². The zero-order chi connectivity index (χ0) is 13.4. The molecule has 2 aliphatic heterocycles. The van der Waals surface area contributed by atoms with Gasteiger partial charge in [0.05, 0.1) is 5.56 Å². The molecule has 1 amide bonds. The van der Waals surface area contributed by atoms with E-state index >= 15 is 0 Å². The number of rotatable bonds is 2. The van der Waals surface area contributed by atoms with Crippen LogP contribution in [0.5, 0.6) is 0 Å². The fraction of sp³-hybridized carbons (Fsp3) is 0.500. The lowest BCUT2D eigenvalue weighted by Crippen LogP contribution is -2.42. The van der Waals surface area contributed by atoms with Crippen LogP contribution in [0.25, 0.3) is 0 Å². The second-order valence-electron chi connectivity index (χ2n) is 5.35. The first-order valence-corrected chi connectivity index (χ1v) is 6.75. The first-order chi connectivity index (χ1) is 9.15. The van der Waals surface area contributed by atoms with E-state index in [1.54, 1.807) is 0 Å². The van der Waals surface area contributed by atoms with Crippen molar-refractivity contribution in [3.05, 3.63) is 29.6 Å². The lowest BCUT2D eigenvalue weighted by molar-refractivity contribution is 0.0925. The summed E-state index contributed by atoms with van der Waals surface area (Å²) in [7, 11) is 0. The normalized spacial score (nSPS) is 26.4. The molecule has 2 aliphatic rings. The summed E-state index contributed by atoms with van der Waals surface area (Å²) in [6, 6.07) is 4.65. The van der Waals surface area contributed by atoms with Crippen LogP contribution in [0.3, 0.4) is 0 Å². The minimum absolute atomic E-state index is 0.0384. The van der Waals surface area contributed by atoms with Gasteiger partial charge in [-0.1, -0.05) is 0 Å². The number of carbonyl (C=O) groups is 1. The molecule has 3 N–H and O–H groups in total. The van der Waals surface area contributed by atoms with Gasteiger partial charge in [0, 0.05) is 24.3 Å². The third-order valence-corrected chi connectivity index (χ3v) is 4.16. The van der Waals surface area contributed by atoms with Gasteiger partial charge in [-0.3, -0.25) is 9.69 Å². The largest absolute Gasteiger partial charge is 0.399 e. The number of hydrogen-bond acceptors (Lipinski definition) is 3. The molecule has 0 bridgehead atoms. The lowest BCUT2D eigenvalue weighted by atomic mass is 10.1. The van der Waals surface area contributed by atoms with Crippen LogP contribution < -0.4 is 11.1 Å². The molecule has 1 aromatic rings. The topological polar surface area (TPSA) is 58.4 Å². The van der Waals surface area contributed by atoms with Gasteiger partial charge in [-0.15, -0.1) is 0 Å². The van der Waals surface area contributed by atoms with Crippen LogP contribution in [0, 0.1) is 5.82 Å². The quantitative estimate of drug-likeness (QED) is 0.792. The van der Waals surface area contributed by atoms with Crippen LogP contribution in [0.2, 0.25) is 0 Å². The minimum Gasteiger partial charge on any atom is -0.399 e. The number of nitrogens with two attached hydrogens (primary N) is 1. The molecule has 0 aromatic heterocycles. The summed E-state index contributed by atoms with van der Waals surface area (Å²) in [6.45, 7) is 2.14. The van der Waals surface area contributed by atoms with Crippen molar-refractivity contribution in [1.29, 1.82) is 0 Å². The number of anilines is 1. The first kappa shape index (κ1) is 12.4. The van der Waals surface area contributed by atoms with E-state index in [-0.39, 0.29) is 17.5 Å². The molecule has 3 rings (SSSR count). The molecule has 0 spiro atoms. The second-order valence-corrected chi connectivity index (χ2v) is 5.35. The van der Waals surface area contributed by atoms with Gasteiger partial charge in [-0.25, -0.2) is 4.39 Å². The summed E-state index contributed by atoms with van der Waals surface area (Å²) in [5.41, 5.74) is 6.05. The van der Waals surface area contributed by atoms with E-state index in [1.165, 1.54) is 24.6 Å². The Hall–Kier alpha value is -1.62. The molecule has 5 heteroatoms. The molecule has 19 heavy (non-hydrogen) atoms.